The van der Waals surface area contributed by atoms with Crippen molar-refractivity contribution in [1.29, 1.82) is 0 Å². The van der Waals surface area contributed by atoms with Gasteiger partial charge in [-0.2, -0.15) is 0 Å². The standard InChI is InChI=1S/C31H50N2O6S/c1-7-29(5)15-24(30(6)17(2)10-12-31(18(3)27(29)37)13-11-21(34)26(30)31)39-25(36)16-40-23-9-8-20(14-22(23)35)33-28(38)19(4)32/h7,17-20,22-24,26-27,35,37H,1,8-16,32H2,2-6H3,(H,33,38)/t17?,18-,19+,20-,22-,23-,24+,26-,27-,29+,30-,31?/m0/s1. The van der Waals surface area contributed by atoms with E-state index in [4.69, 9.17) is 10.5 Å². The summed E-state index contributed by atoms with van der Waals surface area (Å²) in [6.45, 7) is 14.1. The Labute approximate surface area is 243 Å². The monoisotopic (exact) mass is 578 g/mol. The van der Waals surface area contributed by atoms with Crippen LogP contribution in [0.2, 0.25) is 0 Å². The number of thioether (sulfide) groups is 1. The molecule has 1 amide bonds. The van der Waals surface area contributed by atoms with Crippen molar-refractivity contribution in [2.45, 2.75) is 122 Å². The Kier molecular flexibility index (Phi) is 9.21. The SMILES string of the molecule is C=C[C@]1(C)C[C@@H](OC(=O)CS[C@H]2CC[C@H](NC(=O)[C@@H](C)N)C[C@@H]2O)[C@]2(C)C(C)CCC3(CCC(=O)[C@H]32)[C@@H](C)[C@@H]1O. The van der Waals surface area contributed by atoms with Crippen molar-refractivity contribution in [2.24, 2.45) is 39.7 Å². The van der Waals surface area contributed by atoms with Gasteiger partial charge in [-0.1, -0.05) is 33.8 Å². The van der Waals surface area contributed by atoms with Gasteiger partial charge in [0.2, 0.25) is 5.91 Å². The maximum atomic E-state index is 13.5. The normalized spacial score (nSPS) is 46.0. The van der Waals surface area contributed by atoms with Gasteiger partial charge in [-0.3, -0.25) is 14.4 Å². The van der Waals surface area contributed by atoms with Crippen LogP contribution in [0, 0.1) is 34.0 Å². The topological polar surface area (TPSA) is 139 Å². The Morgan fingerprint density at radius 1 is 1.23 bits per heavy atom. The lowest BCUT2D eigenvalue weighted by Gasteiger charge is -2.61. The molecule has 2 bridgehead atoms. The van der Waals surface area contributed by atoms with E-state index in [9.17, 15) is 24.6 Å². The molecule has 0 aliphatic heterocycles. The van der Waals surface area contributed by atoms with Crippen LogP contribution in [0.15, 0.2) is 12.7 Å². The van der Waals surface area contributed by atoms with Crippen molar-refractivity contribution in [3.8, 4) is 0 Å². The number of ketones is 1. The van der Waals surface area contributed by atoms with Crippen molar-refractivity contribution in [1.82, 2.24) is 5.32 Å². The molecule has 12 atom stereocenters. The van der Waals surface area contributed by atoms with E-state index >= 15 is 0 Å². The predicted octanol–water partition coefficient (Wildman–Crippen LogP) is 3.37. The summed E-state index contributed by atoms with van der Waals surface area (Å²) in [5, 5.41) is 25.2. The summed E-state index contributed by atoms with van der Waals surface area (Å²) < 4.78 is 6.32. The third kappa shape index (κ3) is 5.40. The van der Waals surface area contributed by atoms with Crippen LogP contribution in [0.5, 0.6) is 0 Å². The Hall–Kier alpha value is -1.42. The largest absolute Gasteiger partial charge is 0.461 e. The van der Waals surface area contributed by atoms with Crippen molar-refractivity contribution < 1.29 is 29.3 Å². The molecule has 9 heteroatoms. The summed E-state index contributed by atoms with van der Waals surface area (Å²) in [4.78, 5) is 38.9. The van der Waals surface area contributed by atoms with Gasteiger partial charge in [0, 0.05) is 34.5 Å². The van der Waals surface area contributed by atoms with Crippen molar-refractivity contribution in [3.05, 3.63) is 12.7 Å². The van der Waals surface area contributed by atoms with Gasteiger partial charge in [-0.05, 0) is 69.1 Å². The molecule has 0 spiro atoms. The Balaban J connectivity index is 1.50. The summed E-state index contributed by atoms with van der Waals surface area (Å²) >= 11 is 1.39. The van der Waals surface area contributed by atoms with Gasteiger partial charge in [0.05, 0.1) is 24.0 Å². The number of nitrogens with two attached hydrogens (primary N) is 1. The van der Waals surface area contributed by atoms with Gasteiger partial charge in [-0.15, -0.1) is 18.3 Å². The fraction of sp³-hybridized carbons (Fsp3) is 0.839. The van der Waals surface area contributed by atoms with Gasteiger partial charge in [-0.25, -0.2) is 0 Å². The number of carbonyl (C=O) groups is 3. The molecule has 4 aliphatic carbocycles. The van der Waals surface area contributed by atoms with Gasteiger partial charge in [0.15, 0.2) is 0 Å². The molecule has 40 heavy (non-hydrogen) atoms. The van der Waals surface area contributed by atoms with Crippen molar-refractivity contribution in [3.63, 3.8) is 0 Å². The smallest absolute Gasteiger partial charge is 0.316 e. The average Bonchev–Trinajstić information content (AvgIpc) is 3.26. The lowest BCUT2D eigenvalue weighted by atomic mass is 9.44. The maximum Gasteiger partial charge on any atom is 0.316 e. The summed E-state index contributed by atoms with van der Waals surface area (Å²) in [7, 11) is 0. The number of rotatable bonds is 7. The predicted molar refractivity (Wildman–Crippen MR) is 156 cm³/mol. The van der Waals surface area contributed by atoms with E-state index in [1.165, 1.54) is 11.8 Å². The molecular weight excluding hydrogens is 528 g/mol. The molecule has 226 valence electrons. The molecule has 4 fully saturated rings. The van der Waals surface area contributed by atoms with Crippen LogP contribution in [0.1, 0.15) is 86.0 Å². The second-order valence-corrected chi connectivity index (χ2v) is 15.0. The van der Waals surface area contributed by atoms with E-state index in [2.05, 4.69) is 32.7 Å². The Morgan fingerprint density at radius 3 is 2.55 bits per heavy atom. The van der Waals surface area contributed by atoms with E-state index in [0.717, 1.165) is 19.3 Å². The number of carbonyl (C=O) groups excluding carboxylic acids is 3. The molecule has 4 aliphatic rings. The van der Waals surface area contributed by atoms with Gasteiger partial charge >= 0.3 is 5.97 Å². The number of aliphatic hydroxyl groups excluding tert-OH is 2. The number of Topliss-reactive ketones (excluding diaryl/α,β-unsaturated/α-hetero) is 1. The van der Waals surface area contributed by atoms with E-state index in [-0.39, 0.29) is 57.9 Å². The Morgan fingerprint density at radius 2 is 1.93 bits per heavy atom. The third-order valence-electron chi connectivity index (χ3n) is 11.5. The van der Waals surface area contributed by atoms with Gasteiger partial charge in [0.25, 0.3) is 0 Å². The highest BCUT2D eigenvalue weighted by atomic mass is 32.2. The quantitative estimate of drug-likeness (QED) is 0.266. The first-order valence-corrected chi connectivity index (χ1v) is 16.1. The van der Waals surface area contributed by atoms with Crippen molar-refractivity contribution >= 4 is 29.4 Å². The fourth-order valence-electron chi connectivity index (χ4n) is 8.65. The minimum absolute atomic E-state index is 0.0690. The van der Waals surface area contributed by atoms with Crippen LogP contribution >= 0.6 is 11.8 Å². The number of ether oxygens (including phenoxy) is 1. The summed E-state index contributed by atoms with van der Waals surface area (Å²) in [5.74, 6) is -0.406. The molecule has 4 rings (SSSR count). The molecule has 0 heterocycles. The average molecular weight is 579 g/mol. The number of amides is 1. The lowest BCUT2D eigenvalue weighted by molar-refractivity contribution is -0.205. The van der Waals surface area contributed by atoms with Crippen LogP contribution in [-0.4, -0.2) is 69.3 Å². The highest BCUT2D eigenvalue weighted by molar-refractivity contribution is 8.00. The first kappa shape index (κ1) is 31.5. The van der Waals surface area contributed by atoms with Gasteiger partial charge < -0.3 is 26.0 Å². The summed E-state index contributed by atoms with van der Waals surface area (Å²) in [6, 6.07) is -0.729. The van der Waals surface area contributed by atoms with E-state index in [0.29, 0.717) is 32.1 Å². The molecule has 0 saturated heterocycles. The summed E-state index contributed by atoms with van der Waals surface area (Å²) in [5.41, 5.74) is 4.14. The maximum absolute atomic E-state index is 13.5. The van der Waals surface area contributed by atoms with Crippen molar-refractivity contribution in [2.75, 3.05) is 5.75 Å². The molecule has 0 aromatic rings. The van der Waals surface area contributed by atoms with Gasteiger partial charge in [0.1, 0.15) is 11.9 Å². The molecule has 0 aromatic carbocycles. The number of esters is 1. The van der Waals surface area contributed by atoms with Crippen LogP contribution in [0.25, 0.3) is 0 Å². The third-order valence-corrected chi connectivity index (χ3v) is 12.9. The van der Waals surface area contributed by atoms with Crippen LogP contribution in [-0.2, 0) is 19.1 Å². The highest BCUT2D eigenvalue weighted by Crippen LogP contribution is 2.68. The molecule has 8 nitrogen and oxygen atoms in total. The number of aliphatic hydroxyl groups is 2. The lowest BCUT2D eigenvalue weighted by Crippen LogP contribution is -2.63. The second kappa shape index (κ2) is 11.7. The van der Waals surface area contributed by atoms with Crippen LogP contribution < -0.4 is 11.1 Å². The fourth-order valence-corrected chi connectivity index (χ4v) is 9.70. The molecule has 4 saturated carbocycles. The number of hydrogen-bond donors (Lipinski definition) is 4. The zero-order valence-corrected chi connectivity index (χ0v) is 25.7. The zero-order chi connectivity index (χ0) is 29.6. The van der Waals surface area contributed by atoms with E-state index in [1.54, 1.807) is 13.0 Å². The van der Waals surface area contributed by atoms with Crippen LogP contribution in [0.3, 0.4) is 0 Å². The summed E-state index contributed by atoms with van der Waals surface area (Å²) in [6.07, 6.45) is 5.23. The Bertz CT molecular complexity index is 1010. The molecular formula is C31H50N2O6S. The molecule has 2 unspecified atom stereocenters. The van der Waals surface area contributed by atoms with Crippen LogP contribution in [0.4, 0.5) is 0 Å². The number of hydrogen-bond acceptors (Lipinski definition) is 8. The minimum atomic E-state index is -0.694. The molecule has 0 radical (unpaired) electrons. The highest BCUT2D eigenvalue weighted by Gasteiger charge is 2.68. The minimum Gasteiger partial charge on any atom is -0.461 e. The zero-order valence-electron chi connectivity index (χ0n) is 24.9. The first-order chi connectivity index (χ1) is 18.7. The molecule has 5 N–H and O–H groups in total. The van der Waals surface area contributed by atoms with E-state index < -0.39 is 35.2 Å². The molecule has 0 aromatic heterocycles. The number of nitrogens with one attached hydrogen (secondary N) is 1. The van der Waals surface area contributed by atoms with E-state index in [1.807, 2.05) is 6.92 Å². The second-order valence-electron chi connectivity index (χ2n) is 13.8. The first-order valence-electron chi connectivity index (χ1n) is 15.1.